The highest BCUT2D eigenvalue weighted by Gasteiger charge is 2.36. The minimum atomic E-state index is -0.411. The fraction of sp³-hybridized carbons (Fsp3) is 0.615. The Balaban J connectivity index is 2.01. The van der Waals surface area contributed by atoms with E-state index in [4.69, 9.17) is 10.3 Å². The highest BCUT2D eigenvalue weighted by Crippen LogP contribution is 2.36. The van der Waals surface area contributed by atoms with Crippen molar-refractivity contribution in [2.45, 2.75) is 45.1 Å². The molecule has 0 unspecified atom stereocenters. The van der Waals surface area contributed by atoms with E-state index in [9.17, 15) is 0 Å². The lowest BCUT2D eigenvalue weighted by Crippen LogP contribution is -2.34. The van der Waals surface area contributed by atoms with Gasteiger partial charge >= 0.3 is 0 Å². The molecule has 0 aliphatic heterocycles. The van der Waals surface area contributed by atoms with Crippen molar-refractivity contribution in [2.75, 3.05) is 0 Å². The second kappa shape index (κ2) is 4.16. The second-order valence-corrected chi connectivity index (χ2v) is 5.46. The van der Waals surface area contributed by atoms with Crippen molar-refractivity contribution in [1.29, 1.82) is 0 Å². The molecule has 0 atom stereocenters. The van der Waals surface area contributed by atoms with Crippen molar-refractivity contribution in [2.24, 2.45) is 12.8 Å². The molecule has 2 heterocycles. The third-order valence-corrected chi connectivity index (χ3v) is 4.09. The number of nitrogens with two attached hydrogens (primary N) is 1. The summed E-state index contributed by atoms with van der Waals surface area (Å²) in [4.78, 5) is 4.51. The molecule has 19 heavy (non-hydrogen) atoms. The smallest absolute Gasteiger partial charge is 0.261 e. The third kappa shape index (κ3) is 1.87. The van der Waals surface area contributed by atoms with Crippen LogP contribution in [0.15, 0.2) is 4.52 Å². The normalized spacial score (nSPS) is 18.1. The maximum atomic E-state index is 6.35. The molecule has 0 aromatic carbocycles. The van der Waals surface area contributed by atoms with Crippen LogP contribution in [0.3, 0.4) is 0 Å². The van der Waals surface area contributed by atoms with Crippen molar-refractivity contribution < 1.29 is 4.52 Å². The SMILES string of the molecule is Cc1nn(C)c(C)c1-c1nc(C2(N)CCCC2)no1. The molecule has 0 amide bonds. The van der Waals surface area contributed by atoms with Crippen molar-refractivity contribution >= 4 is 0 Å². The van der Waals surface area contributed by atoms with Gasteiger partial charge in [-0.25, -0.2) is 0 Å². The predicted octanol–water partition coefficient (Wildman–Crippen LogP) is 1.81. The molecular weight excluding hydrogens is 242 g/mol. The fourth-order valence-electron chi connectivity index (χ4n) is 2.84. The summed E-state index contributed by atoms with van der Waals surface area (Å²) in [7, 11) is 1.91. The van der Waals surface area contributed by atoms with Crippen LogP contribution in [-0.4, -0.2) is 19.9 Å². The maximum Gasteiger partial charge on any atom is 0.261 e. The lowest BCUT2D eigenvalue weighted by Gasteiger charge is -2.17. The zero-order valence-electron chi connectivity index (χ0n) is 11.6. The topological polar surface area (TPSA) is 82.8 Å². The average Bonchev–Trinajstić information content (AvgIpc) is 3.03. The lowest BCUT2D eigenvalue weighted by atomic mass is 9.98. The van der Waals surface area contributed by atoms with Crippen LogP contribution in [0.25, 0.3) is 11.5 Å². The van der Waals surface area contributed by atoms with Crippen LogP contribution in [0.1, 0.15) is 42.9 Å². The Hall–Kier alpha value is -1.69. The van der Waals surface area contributed by atoms with Gasteiger partial charge in [-0.2, -0.15) is 10.1 Å². The standard InChI is InChI=1S/C13H19N5O/c1-8-10(9(2)18(3)16-8)11-15-12(17-19-11)13(14)6-4-5-7-13/h4-7,14H2,1-3H3. The molecule has 1 aliphatic rings. The van der Waals surface area contributed by atoms with E-state index in [0.717, 1.165) is 42.6 Å². The minimum absolute atomic E-state index is 0.411. The molecule has 1 aliphatic carbocycles. The highest BCUT2D eigenvalue weighted by molar-refractivity contribution is 5.59. The van der Waals surface area contributed by atoms with Crippen molar-refractivity contribution in [1.82, 2.24) is 19.9 Å². The number of rotatable bonds is 2. The van der Waals surface area contributed by atoms with Crippen LogP contribution < -0.4 is 5.73 Å². The van der Waals surface area contributed by atoms with Gasteiger partial charge in [-0.3, -0.25) is 4.68 Å². The summed E-state index contributed by atoms with van der Waals surface area (Å²) in [6.45, 7) is 3.94. The van der Waals surface area contributed by atoms with Crippen molar-refractivity contribution in [3.8, 4) is 11.5 Å². The predicted molar refractivity (Wildman–Crippen MR) is 70.3 cm³/mol. The van der Waals surface area contributed by atoms with Crippen LogP contribution in [0, 0.1) is 13.8 Å². The van der Waals surface area contributed by atoms with Crippen LogP contribution in [0.4, 0.5) is 0 Å². The van der Waals surface area contributed by atoms with E-state index in [1.165, 1.54) is 0 Å². The number of nitrogens with zero attached hydrogens (tertiary/aromatic N) is 4. The van der Waals surface area contributed by atoms with Gasteiger partial charge in [0.05, 0.1) is 16.8 Å². The first-order valence-corrected chi connectivity index (χ1v) is 6.65. The Morgan fingerprint density at radius 1 is 1.26 bits per heavy atom. The molecule has 0 radical (unpaired) electrons. The third-order valence-electron chi connectivity index (χ3n) is 4.09. The monoisotopic (exact) mass is 261 g/mol. The summed E-state index contributed by atoms with van der Waals surface area (Å²) in [5, 5.41) is 8.46. The summed E-state index contributed by atoms with van der Waals surface area (Å²) in [6, 6.07) is 0. The van der Waals surface area contributed by atoms with Gasteiger partial charge in [-0.15, -0.1) is 0 Å². The molecule has 6 heteroatoms. The molecule has 3 rings (SSSR count). The Kier molecular flexibility index (Phi) is 2.70. The summed E-state index contributed by atoms with van der Waals surface area (Å²) < 4.78 is 7.23. The van der Waals surface area contributed by atoms with Gasteiger partial charge in [-0.05, 0) is 26.7 Å². The first-order valence-electron chi connectivity index (χ1n) is 6.65. The van der Waals surface area contributed by atoms with Gasteiger partial charge in [0.1, 0.15) is 0 Å². The molecule has 0 spiro atoms. The Bertz CT molecular complexity index is 607. The molecule has 0 bridgehead atoms. The summed E-state index contributed by atoms with van der Waals surface area (Å²) in [5.41, 5.74) is 8.77. The van der Waals surface area contributed by atoms with Gasteiger partial charge in [0, 0.05) is 12.7 Å². The summed E-state index contributed by atoms with van der Waals surface area (Å²) >= 11 is 0. The zero-order chi connectivity index (χ0) is 13.6. The van der Waals surface area contributed by atoms with E-state index < -0.39 is 5.54 Å². The number of hydrogen-bond acceptors (Lipinski definition) is 5. The Morgan fingerprint density at radius 3 is 2.53 bits per heavy atom. The lowest BCUT2D eigenvalue weighted by molar-refractivity contribution is 0.372. The van der Waals surface area contributed by atoms with Gasteiger partial charge in [0.15, 0.2) is 5.82 Å². The van der Waals surface area contributed by atoms with Crippen LogP contribution in [0.5, 0.6) is 0 Å². The van der Waals surface area contributed by atoms with Crippen LogP contribution in [-0.2, 0) is 12.6 Å². The largest absolute Gasteiger partial charge is 0.334 e. The molecule has 1 fully saturated rings. The first kappa shape index (κ1) is 12.3. The summed E-state index contributed by atoms with van der Waals surface area (Å²) in [5.74, 6) is 1.15. The van der Waals surface area contributed by atoms with E-state index in [1.54, 1.807) is 0 Å². The van der Waals surface area contributed by atoms with Crippen LogP contribution >= 0.6 is 0 Å². The molecule has 1 saturated carbocycles. The van der Waals surface area contributed by atoms with Gasteiger partial charge in [0.25, 0.3) is 5.89 Å². The van der Waals surface area contributed by atoms with E-state index in [2.05, 4.69) is 15.2 Å². The Labute approximate surface area is 112 Å². The molecule has 0 saturated heterocycles. The van der Waals surface area contributed by atoms with Gasteiger partial charge < -0.3 is 10.3 Å². The van der Waals surface area contributed by atoms with Crippen molar-refractivity contribution in [3.63, 3.8) is 0 Å². The molecule has 2 N–H and O–H groups in total. The average molecular weight is 261 g/mol. The molecular formula is C13H19N5O. The van der Waals surface area contributed by atoms with E-state index >= 15 is 0 Å². The minimum Gasteiger partial charge on any atom is -0.334 e. The second-order valence-electron chi connectivity index (χ2n) is 5.46. The first-order chi connectivity index (χ1) is 9.01. The molecule has 2 aromatic rings. The van der Waals surface area contributed by atoms with Crippen LogP contribution in [0.2, 0.25) is 0 Å². The zero-order valence-corrected chi connectivity index (χ0v) is 11.6. The molecule has 6 nitrogen and oxygen atoms in total. The maximum absolute atomic E-state index is 6.35. The van der Waals surface area contributed by atoms with E-state index in [-0.39, 0.29) is 0 Å². The summed E-state index contributed by atoms with van der Waals surface area (Å²) in [6.07, 6.45) is 4.12. The molecule has 102 valence electrons. The quantitative estimate of drug-likeness (QED) is 0.891. The number of aryl methyl sites for hydroxylation is 2. The number of aromatic nitrogens is 4. The molecule has 2 aromatic heterocycles. The number of hydrogen-bond donors (Lipinski definition) is 1. The van der Waals surface area contributed by atoms with E-state index in [1.807, 2.05) is 25.6 Å². The van der Waals surface area contributed by atoms with Gasteiger partial charge in [0.2, 0.25) is 0 Å². The Morgan fingerprint density at radius 2 is 1.95 bits per heavy atom. The van der Waals surface area contributed by atoms with E-state index in [0.29, 0.717) is 11.7 Å². The van der Waals surface area contributed by atoms with Gasteiger partial charge in [-0.1, -0.05) is 18.0 Å². The fourth-order valence-corrected chi connectivity index (χ4v) is 2.84. The van der Waals surface area contributed by atoms with Crippen molar-refractivity contribution in [3.05, 3.63) is 17.2 Å². The highest BCUT2D eigenvalue weighted by atomic mass is 16.5.